The molecule has 1 heterocycles. The maximum absolute atomic E-state index is 4.55. The SMILES string of the molecule is c1ccc(S[N][C@@H]2CCNC2)cc1. The van der Waals surface area contributed by atoms with Crippen molar-refractivity contribution in [2.24, 2.45) is 0 Å². The van der Waals surface area contributed by atoms with Gasteiger partial charge in [0, 0.05) is 11.4 Å². The van der Waals surface area contributed by atoms with Crippen molar-refractivity contribution in [2.45, 2.75) is 17.4 Å². The maximum atomic E-state index is 4.55. The molecule has 0 aliphatic carbocycles. The summed E-state index contributed by atoms with van der Waals surface area (Å²) in [4.78, 5) is 1.23. The molecule has 0 amide bonds. The first-order chi connectivity index (χ1) is 6.45. The summed E-state index contributed by atoms with van der Waals surface area (Å²) in [6.45, 7) is 2.16. The summed E-state index contributed by atoms with van der Waals surface area (Å²) in [6, 6.07) is 10.8. The van der Waals surface area contributed by atoms with Crippen molar-refractivity contribution in [3.05, 3.63) is 30.3 Å². The van der Waals surface area contributed by atoms with Crippen molar-refractivity contribution < 1.29 is 0 Å². The molecule has 69 valence electrons. The van der Waals surface area contributed by atoms with E-state index in [1.165, 1.54) is 11.3 Å². The maximum Gasteiger partial charge on any atom is 0.0509 e. The van der Waals surface area contributed by atoms with E-state index in [4.69, 9.17) is 0 Å². The fourth-order valence-corrected chi connectivity index (χ4v) is 2.08. The second-order valence-electron chi connectivity index (χ2n) is 3.16. The zero-order chi connectivity index (χ0) is 8.93. The van der Waals surface area contributed by atoms with Gasteiger partial charge in [0.1, 0.15) is 0 Å². The van der Waals surface area contributed by atoms with Crippen molar-refractivity contribution in [1.82, 2.24) is 10.0 Å². The van der Waals surface area contributed by atoms with E-state index in [9.17, 15) is 0 Å². The largest absolute Gasteiger partial charge is 0.315 e. The van der Waals surface area contributed by atoms with E-state index in [1.54, 1.807) is 11.9 Å². The van der Waals surface area contributed by atoms with Gasteiger partial charge >= 0.3 is 0 Å². The van der Waals surface area contributed by atoms with Gasteiger partial charge in [0.25, 0.3) is 0 Å². The van der Waals surface area contributed by atoms with Gasteiger partial charge in [0.05, 0.1) is 6.04 Å². The minimum atomic E-state index is 0.505. The third-order valence-corrected chi connectivity index (χ3v) is 2.97. The molecule has 1 saturated heterocycles. The van der Waals surface area contributed by atoms with Gasteiger partial charge in [-0.2, -0.15) is 4.72 Å². The summed E-state index contributed by atoms with van der Waals surface area (Å²) in [6.07, 6.45) is 1.18. The Morgan fingerprint density at radius 1 is 1.31 bits per heavy atom. The van der Waals surface area contributed by atoms with E-state index in [0.717, 1.165) is 13.1 Å². The van der Waals surface area contributed by atoms with E-state index in [2.05, 4.69) is 22.2 Å². The lowest BCUT2D eigenvalue weighted by atomic mass is 10.3. The summed E-state index contributed by atoms with van der Waals surface area (Å²) in [7, 11) is 0. The van der Waals surface area contributed by atoms with Crippen LogP contribution in [0.5, 0.6) is 0 Å². The van der Waals surface area contributed by atoms with Crippen molar-refractivity contribution in [2.75, 3.05) is 13.1 Å². The minimum absolute atomic E-state index is 0.505. The van der Waals surface area contributed by atoms with E-state index in [-0.39, 0.29) is 0 Å². The first kappa shape index (κ1) is 9.06. The van der Waals surface area contributed by atoms with Gasteiger partial charge in [-0.15, -0.1) is 0 Å². The number of nitrogens with one attached hydrogen (secondary N) is 1. The minimum Gasteiger partial charge on any atom is -0.315 e. The lowest BCUT2D eigenvalue weighted by Crippen LogP contribution is -2.19. The molecule has 1 aromatic carbocycles. The average molecular weight is 193 g/mol. The Bertz CT molecular complexity index is 244. The zero-order valence-electron chi connectivity index (χ0n) is 7.44. The number of hydrogen-bond donors (Lipinski definition) is 1. The van der Waals surface area contributed by atoms with E-state index < -0.39 is 0 Å². The molecule has 2 rings (SSSR count). The molecule has 1 fully saturated rings. The normalized spacial score (nSPS) is 22.0. The highest BCUT2D eigenvalue weighted by Gasteiger charge is 2.14. The van der Waals surface area contributed by atoms with E-state index in [1.807, 2.05) is 18.2 Å². The Kier molecular flexibility index (Phi) is 3.24. The van der Waals surface area contributed by atoms with Crippen LogP contribution >= 0.6 is 11.9 Å². The van der Waals surface area contributed by atoms with Gasteiger partial charge in [-0.05, 0) is 37.0 Å². The van der Waals surface area contributed by atoms with Gasteiger partial charge < -0.3 is 5.32 Å². The monoisotopic (exact) mass is 193 g/mol. The molecule has 1 aliphatic heterocycles. The smallest absolute Gasteiger partial charge is 0.0509 e. The van der Waals surface area contributed by atoms with Crippen LogP contribution in [0, 0.1) is 0 Å². The summed E-state index contributed by atoms with van der Waals surface area (Å²) < 4.78 is 4.55. The van der Waals surface area contributed by atoms with Crippen LogP contribution in [0.25, 0.3) is 0 Å². The molecule has 1 radical (unpaired) electrons. The number of hydrogen-bond acceptors (Lipinski definition) is 2. The molecule has 1 aromatic rings. The Hall–Kier alpha value is -0.510. The molecule has 1 N–H and O–H groups in total. The molecule has 2 nitrogen and oxygen atoms in total. The predicted molar refractivity (Wildman–Crippen MR) is 55.7 cm³/mol. The Labute approximate surface area is 83.2 Å². The molecule has 1 aliphatic rings. The van der Waals surface area contributed by atoms with Crippen LogP contribution in [-0.4, -0.2) is 19.1 Å². The first-order valence-electron chi connectivity index (χ1n) is 4.58. The molecule has 0 bridgehead atoms. The van der Waals surface area contributed by atoms with Crippen LogP contribution in [0.4, 0.5) is 0 Å². The van der Waals surface area contributed by atoms with Crippen LogP contribution in [0.1, 0.15) is 6.42 Å². The standard InChI is InChI=1S/C10H13N2S/c1-2-4-10(5-3-1)13-12-9-6-7-11-8-9/h1-5,9,11H,6-8H2/t9-/m1/s1. The highest BCUT2D eigenvalue weighted by Crippen LogP contribution is 2.17. The summed E-state index contributed by atoms with van der Waals surface area (Å²) in [5.41, 5.74) is 0. The van der Waals surface area contributed by atoms with Crippen LogP contribution in [0.2, 0.25) is 0 Å². The van der Waals surface area contributed by atoms with Gasteiger partial charge in [-0.3, -0.25) is 0 Å². The van der Waals surface area contributed by atoms with Gasteiger partial charge in [-0.25, -0.2) is 0 Å². The number of rotatable bonds is 3. The molecular formula is C10H13N2S. The van der Waals surface area contributed by atoms with E-state index >= 15 is 0 Å². The molecule has 3 heteroatoms. The zero-order valence-corrected chi connectivity index (χ0v) is 8.26. The van der Waals surface area contributed by atoms with Crippen molar-refractivity contribution in [1.29, 1.82) is 0 Å². The third-order valence-electron chi connectivity index (χ3n) is 2.08. The van der Waals surface area contributed by atoms with Crippen molar-refractivity contribution in [3.8, 4) is 0 Å². The van der Waals surface area contributed by atoms with Crippen LogP contribution in [0.3, 0.4) is 0 Å². The molecule has 0 spiro atoms. The Balaban J connectivity index is 1.79. The summed E-state index contributed by atoms with van der Waals surface area (Å²) in [5, 5.41) is 3.30. The molecular weight excluding hydrogens is 180 g/mol. The summed E-state index contributed by atoms with van der Waals surface area (Å²) >= 11 is 1.60. The molecule has 0 aromatic heterocycles. The van der Waals surface area contributed by atoms with Crippen LogP contribution < -0.4 is 10.0 Å². The quantitative estimate of drug-likeness (QED) is 0.739. The molecule has 1 atom stereocenters. The second-order valence-corrected chi connectivity index (χ2v) is 4.02. The van der Waals surface area contributed by atoms with Crippen LogP contribution in [0.15, 0.2) is 35.2 Å². The molecule has 0 unspecified atom stereocenters. The number of benzene rings is 1. The highest BCUT2D eigenvalue weighted by molar-refractivity contribution is 7.97. The van der Waals surface area contributed by atoms with Crippen molar-refractivity contribution in [3.63, 3.8) is 0 Å². The summed E-state index contributed by atoms with van der Waals surface area (Å²) in [5.74, 6) is 0. The third kappa shape index (κ3) is 2.72. The van der Waals surface area contributed by atoms with Gasteiger partial charge in [-0.1, -0.05) is 18.2 Å². The molecule has 0 saturated carbocycles. The Morgan fingerprint density at radius 2 is 2.15 bits per heavy atom. The predicted octanol–water partition coefficient (Wildman–Crippen LogP) is 1.66. The van der Waals surface area contributed by atoms with Gasteiger partial charge in [0.15, 0.2) is 0 Å². The average Bonchev–Trinajstić information content (AvgIpc) is 2.69. The lowest BCUT2D eigenvalue weighted by molar-refractivity contribution is 0.684. The van der Waals surface area contributed by atoms with Gasteiger partial charge in [0.2, 0.25) is 0 Å². The lowest BCUT2D eigenvalue weighted by Gasteiger charge is -2.06. The molecule has 13 heavy (non-hydrogen) atoms. The van der Waals surface area contributed by atoms with Crippen molar-refractivity contribution >= 4 is 11.9 Å². The number of nitrogens with zero attached hydrogens (tertiary/aromatic N) is 1. The van der Waals surface area contributed by atoms with E-state index in [0.29, 0.717) is 6.04 Å². The highest BCUT2D eigenvalue weighted by atomic mass is 32.2. The van der Waals surface area contributed by atoms with Crippen LogP contribution in [-0.2, 0) is 0 Å². The fourth-order valence-electron chi connectivity index (χ4n) is 1.35. The Morgan fingerprint density at radius 3 is 2.85 bits per heavy atom. The first-order valence-corrected chi connectivity index (χ1v) is 5.35. The second kappa shape index (κ2) is 4.65. The fraction of sp³-hybridized carbons (Fsp3) is 0.400. The topological polar surface area (TPSA) is 26.1 Å².